The molecule has 1 aliphatic rings. The van der Waals surface area contributed by atoms with Crippen molar-refractivity contribution in [3.05, 3.63) is 77.6 Å². The number of benzene rings is 2. The van der Waals surface area contributed by atoms with Gasteiger partial charge in [-0.3, -0.25) is 9.59 Å². The van der Waals surface area contributed by atoms with Crippen LogP contribution in [0.25, 0.3) is 22.8 Å². The normalized spacial score (nSPS) is 13.5. The molecule has 2 amide bonds. The molecule has 0 aliphatic carbocycles. The van der Waals surface area contributed by atoms with E-state index in [1.54, 1.807) is 11.9 Å². The second kappa shape index (κ2) is 10.6. The molecule has 0 unspecified atom stereocenters. The van der Waals surface area contributed by atoms with Crippen molar-refractivity contribution in [3.63, 3.8) is 0 Å². The largest absolute Gasteiger partial charge is 0.436 e. The van der Waals surface area contributed by atoms with Crippen molar-refractivity contribution in [2.24, 2.45) is 0 Å². The second-order valence-corrected chi connectivity index (χ2v) is 7.86. The number of nitrogens with one attached hydrogen (secondary N) is 3. The number of amides is 2. The molecule has 0 atom stereocenters. The Bertz CT molecular complexity index is 1200. The van der Waals surface area contributed by atoms with Crippen LogP contribution < -0.4 is 10.6 Å². The molecule has 1 fully saturated rings. The van der Waals surface area contributed by atoms with Crippen molar-refractivity contribution >= 4 is 18.0 Å². The molecule has 34 heavy (non-hydrogen) atoms. The van der Waals surface area contributed by atoms with Crippen molar-refractivity contribution in [1.29, 1.82) is 5.41 Å². The molecular weight excluding hydrogens is 430 g/mol. The number of hydrogen-bond donors (Lipinski definition) is 3. The van der Waals surface area contributed by atoms with E-state index in [1.807, 2.05) is 60.7 Å². The standard InChI is InChI=1S/C26H27N5O3/c1-28-22(20(17-27)26(33)31-15-8-16-31)24(32)29-14-13-21-23(18-9-4-2-5-10-18)34-25(30-21)19-11-6-3-7-12-19/h2-7,9-12,17,27-28H,8,13-16H2,1H3,(H,29,32)/b22-20+,27-17?. The molecule has 3 aromatic rings. The van der Waals surface area contributed by atoms with Crippen LogP contribution in [0, 0.1) is 5.41 Å². The van der Waals surface area contributed by atoms with Crippen molar-refractivity contribution in [2.45, 2.75) is 12.8 Å². The van der Waals surface area contributed by atoms with E-state index in [2.05, 4.69) is 10.6 Å². The van der Waals surface area contributed by atoms with Gasteiger partial charge in [-0.05, 0) is 18.6 Å². The first-order chi connectivity index (χ1) is 16.6. The van der Waals surface area contributed by atoms with Crippen LogP contribution in [0.1, 0.15) is 12.1 Å². The number of rotatable bonds is 9. The molecular formula is C26H27N5O3. The molecule has 0 bridgehead atoms. The second-order valence-electron chi connectivity index (χ2n) is 7.86. The number of oxazole rings is 1. The van der Waals surface area contributed by atoms with E-state index in [1.165, 1.54) is 0 Å². The SMILES string of the molecule is CN/C(C(=O)NCCc1nc(-c2ccccc2)oc1-c1ccccc1)=C(\C=N)C(=O)N1CCC1. The minimum absolute atomic E-state index is 0.0532. The molecule has 8 heteroatoms. The Morgan fingerprint density at radius 3 is 2.26 bits per heavy atom. The monoisotopic (exact) mass is 457 g/mol. The van der Waals surface area contributed by atoms with Gasteiger partial charge in [-0.2, -0.15) is 0 Å². The van der Waals surface area contributed by atoms with E-state index in [-0.39, 0.29) is 23.7 Å². The van der Waals surface area contributed by atoms with E-state index in [9.17, 15) is 9.59 Å². The molecule has 0 spiro atoms. The quantitative estimate of drug-likeness (QED) is 0.338. The summed E-state index contributed by atoms with van der Waals surface area (Å²) in [6.45, 7) is 1.58. The van der Waals surface area contributed by atoms with Crippen molar-refractivity contribution < 1.29 is 14.0 Å². The Hall–Kier alpha value is -4.20. The summed E-state index contributed by atoms with van der Waals surface area (Å²) >= 11 is 0. The summed E-state index contributed by atoms with van der Waals surface area (Å²) < 4.78 is 6.12. The third kappa shape index (κ3) is 4.91. The topological polar surface area (TPSA) is 111 Å². The summed E-state index contributed by atoms with van der Waals surface area (Å²) in [5.74, 6) is 0.424. The molecule has 1 aromatic heterocycles. The van der Waals surface area contributed by atoms with Crippen LogP contribution in [0.15, 0.2) is 76.4 Å². The van der Waals surface area contributed by atoms with Gasteiger partial charge in [-0.15, -0.1) is 0 Å². The third-order valence-electron chi connectivity index (χ3n) is 5.67. The molecule has 3 N–H and O–H groups in total. The maximum atomic E-state index is 12.8. The van der Waals surface area contributed by atoms with Gasteiger partial charge in [0, 0.05) is 50.4 Å². The maximum Gasteiger partial charge on any atom is 0.268 e. The molecule has 0 saturated carbocycles. The van der Waals surface area contributed by atoms with Crippen molar-refractivity contribution in [2.75, 3.05) is 26.7 Å². The van der Waals surface area contributed by atoms with Crippen molar-refractivity contribution in [1.82, 2.24) is 20.5 Å². The minimum Gasteiger partial charge on any atom is -0.436 e. The lowest BCUT2D eigenvalue weighted by Gasteiger charge is -2.31. The summed E-state index contributed by atoms with van der Waals surface area (Å²) in [5.41, 5.74) is 2.64. The lowest BCUT2D eigenvalue weighted by Crippen LogP contribution is -2.45. The summed E-state index contributed by atoms with van der Waals surface area (Å²) in [4.78, 5) is 31.7. The summed E-state index contributed by atoms with van der Waals surface area (Å²) in [7, 11) is 1.57. The molecule has 2 aromatic carbocycles. The number of likely N-dealkylation sites (N-methyl/N-ethyl adjacent to an activating group) is 1. The minimum atomic E-state index is -0.442. The van der Waals surface area contributed by atoms with E-state index in [0.29, 0.717) is 31.2 Å². The fourth-order valence-electron chi connectivity index (χ4n) is 3.72. The highest BCUT2D eigenvalue weighted by atomic mass is 16.4. The lowest BCUT2D eigenvalue weighted by molar-refractivity contribution is -0.130. The summed E-state index contributed by atoms with van der Waals surface area (Å²) in [5, 5.41) is 13.3. The molecule has 1 saturated heterocycles. The van der Waals surface area contributed by atoms with Gasteiger partial charge in [-0.1, -0.05) is 48.5 Å². The lowest BCUT2D eigenvalue weighted by atomic mass is 10.1. The number of carbonyl (C=O) groups excluding carboxylic acids is 2. The van der Waals surface area contributed by atoms with E-state index in [0.717, 1.165) is 29.5 Å². The zero-order valence-corrected chi connectivity index (χ0v) is 19.0. The van der Waals surface area contributed by atoms with Gasteiger partial charge in [-0.25, -0.2) is 4.98 Å². The highest BCUT2D eigenvalue weighted by Gasteiger charge is 2.27. The number of aromatic nitrogens is 1. The van der Waals surface area contributed by atoms with Crippen molar-refractivity contribution in [3.8, 4) is 22.8 Å². The Balaban J connectivity index is 1.52. The van der Waals surface area contributed by atoms with Crippen LogP contribution in [0.4, 0.5) is 0 Å². The first-order valence-corrected chi connectivity index (χ1v) is 11.2. The number of likely N-dealkylation sites (tertiary alicyclic amines) is 1. The molecule has 2 heterocycles. The highest BCUT2D eigenvalue weighted by molar-refractivity contribution is 6.17. The summed E-state index contributed by atoms with van der Waals surface area (Å²) in [6.07, 6.45) is 2.30. The fourth-order valence-corrected chi connectivity index (χ4v) is 3.72. The average Bonchev–Trinajstić information content (AvgIpc) is 3.26. The van der Waals surface area contributed by atoms with Gasteiger partial charge < -0.3 is 25.4 Å². The molecule has 174 valence electrons. The predicted molar refractivity (Wildman–Crippen MR) is 130 cm³/mol. The van der Waals surface area contributed by atoms with E-state index >= 15 is 0 Å². The van der Waals surface area contributed by atoms with Gasteiger partial charge in [0.05, 0.1) is 11.3 Å². The van der Waals surface area contributed by atoms with Crippen LogP contribution >= 0.6 is 0 Å². The van der Waals surface area contributed by atoms with Gasteiger partial charge in [0.15, 0.2) is 5.76 Å². The van der Waals surface area contributed by atoms with Crippen LogP contribution in [-0.2, 0) is 16.0 Å². The van der Waals surface area contributed by atoms with Crippen LogP contribution in [0.5, 0.6) is 0 Å². The third-order valence-corrected chi connectivity index (χ3v) is 5.67. The van der Waals surface area contributed by atoms with Gasteiger partial charge >= 0.3 is 0 Å². The first-order valence-electron chi connectivity index (χ1n) is 11.2. The molecule has 8 nitrogen and oxygen atoms in total. The van der Waals surface area contributed by atoms with Gasteiger partial charge in [0.1, 0.15) is 5.70 Å². The summed E-state index contributed by atoms with van der Waals surface area (Å²) in [6, 6.07) is 19.4. The maximum absolute atomic E-state index is 12.8. The Labute approximate surface area is 198 Å². The number of nitrogens with zero attached hydrogens (tertiary/aromatic N) is 2. The van der Waals surface area contributed by atoms with Crippen LogP contribution in [-0.4, -0.2) is 54.6 Å². The average molecular weight is 458 g/mol. The van der Waals surface area contributed by atoms with E-state index < -0.39 is 5.91 Å². The Kier molecular flexibility index (Phi) is 7.17. The predicted octanol–water partition coefficient (Wildman–Crippen LogP) is 3.02. The fraction of sp³-hybridized carbons (Fsp3) is 0.231. The van der Waals surface area contributed by atoms with Crippen LogP contribution in [0.2, 0.25) is 0 Å². The molecule has 1 aliphatic heterocycles. The Morgan fingerprint density at radius 1 is 1.06 bits per heavy atom. The molecule has 0 radical (unpaired) electrons. The van der Waals surface area contributed by atoms with Gasteiger partial charge in [0.25, 0.3) is 11.8 Å². The van der Waals surface area contributed by atoms with Gasteiger partial charge in [0.2, 0.25) is 5.89 Å². The number of carbonyl (C=O) groups is 2. The van der Waals surface area contributed by atoms with E-state index in [4.69, 9.17) is 14.8 Å². The zero-order chi connectivity index (χ0) is 23.9. The first kappa shape index (κ1) is 23.0. The molecule has 4 rings (SSSR count). The van der Waals surface area contributed by atoms with Crippen LogP contribution in [0.3, 0.4) is 0 Å². The number of hydrogen-bond acceptors (Lipinski definition) is 6. The highest BCUT2D eigenvalue weighted by Crippen LogP contribution is 2.30. The Morgan fingerprint density at radius 2 is 1.71 bits per heavy atom. The zero-order valence-electron chi connectivity index (χ0n) is 19.0. The smallest absolute Gasteiger partial charge is 0.268 e.